The summed E-state index contributed by atoms with van der Waals surface area (Å²) >= 11 is 0. The van der Waals surface area contributed by atoms with Crippen LogP contribution in [0.1, 0.15) is 75.5 Å². The predicted octanol–water partition coefficient (Wildman–Crippen LogP) is -3.73. The Kier molecular flexibility index (Phi) is 29.8. The van der Waals surface area contributed by atoms with Crippen LogP contribution in [0.3, 0.4) is 0 Å². The maximum atomic E-state index is 15.0. The molecule has 0 spiro atoms. The number of fused-ring (bicyclic) bond motifs is 1. The van der Waals surface area contributed by atoms with Gasteiger partial charge in [0.15, 0.2) is 5.96 Å². The average Bonchev–Trinajstić information content (AvgIpc) is 1.73. The van der Waals surface area contributed by atoms with Gasteiger partial charge in [-0.15, -0.1) is 0 Å². The molecule has 10 atom stereocenters. The molecule has 4 heterocycles. The average molecular weight is 1410 g/mol. The molecule has 4 aromatic rings. The van der Waals surface area contributed by atoms with Gasteiger partial charge in [-0.3, -0.25) is 62.6 Å². The molecule has 538 valence electrons. The molecule has 3 aliphatic heterocycles. The van der Waals surface area contributed by atoms with Gasteiger partial charge in [-0.05, 0) is 111 Å². The molecule has 3 fully saturated rings. The van der Waals surface area contributed by atoms with E-state index < -0.39 is 157 Å². The number of phenolic OH excluding ortho intramolecular Hbond substituents is 2. The largest absolute Gasteiger partial charge is 0.508 e. The SMILES string of the molecule is CC(C)[C@@H]1NC(=O)[C@@H](NC(=O)[C@H](Cc2ccc(O)cc2)NC(=O)[C@@H]2CCCN2C2CCNCC2)CSSC[C@@H](C(N)=O)NC(=O)[C@H](CO)NC(=O)[C@H](Cc2c[nH]c3ccccc23)NC(=O)[C@H](CO)NC(=O)CCNC(=O)[C@H](CCCN=C(N)N)NC(=O)[C@H](Cc2ccc(O)cc2)NC1=O. The molecule has 0 radical (unpaired) electrons. The number of likely N-dealkylation sites (tertiary alicyclic amines) is 1. The van der Waals surface area contributed by atoms with E-state index in [9.17, 15) is 68.4 Å². The van der Waals surface area contributed by atoms with Gasteiger partial charge >= 0.3 is 0 Å². The van der Waals surface area contributed by atoms with E-state index in [2.05, 4.69) is 73.4 Å². The maximum Gasteiger partial charge on any atom is 0.245 e. The summed E-state index contributed by atoms with van der Waals surface area (Å²) in [7, 11) is 1.84. The Hall–Kier alpha value is -9.22. The first-order valence-electron chi connectivity index (χ1n) is 32.8. The minimum absolute atomic E-state index is 0.0121. The van der Waals surface area contributed by atoms with Crippen LogP contribution in [-0.4, -0.2) is 225 Å². The van der Waals surface area contributed by atoms with E-state index in [0.717, 1.165) is 53.9 Å². The number of nitrogens with two attached hydrogens (primary N) is 3. The lowest BCUT2D eigenvalue weighted by Crippen LogP contribution is -2.61. The number of para-hydroxylation sites is 1. The zero-order chi connectivity index (χ0) is 71.7. The number of piperidine rings is 1. The summed E-state index contributed by atoms with van der Waals surface area (Å²) in [4.78, 5) is 166. The molecule has 34 heteroatoms. The minimum atomic E-state index is -1.77. The van der Waals surface area contributed by atoms with Crippen LogP contribution >= 0.6 is 21.6 Å². The molecule has 3 saturated heterocycles. The summed E-state index contributed by atoms with van der Waals surface area (Å²) in [5, 5.41) is 71.5. The fourth-order valence-corrected chi connectivity index (χ4v) is 14.0. The number of carbonyl (C=O) groups is 11. The Labute approximate surface area is 579 Å². The number of aliphatic imine (C=N–C) groups is 1. The number of amides is 11. The minimum Gasteiger partial charge on any atom is -0.508 e. The van der Waals surface area contributed by atoms with Crippen LogP contribution in [0.15, 0.2) is 84.0 Å². The van der Waals surface area contributed by atoms with E-state index in [1.165, 1.54) is 36.4 Å². The number of aromatic nitrogens is 1. The van der Waals surface area contributed by atoms with Gasteiger partial charge < -0.3 is 101 Å². The highest BCUT2D eigenvalue weighted by Gasteiger charge is 2.40. The summed E-state index contributed by atoms with van der Waals surface area (Å²) in [6.45, 7) is 3.03. The molecule has 0 bridgehead atoms. The molecule has 11 amide bonds. The Morgan fingerprint density at radius 1 is 0.657 bits per heavy atom. The molecule has 22 N–H and O–H groups in total. The monoisotopic (exact) mass is 1410 g/mol. The van der Waals surface area contributed by atoms with E-state index in [1.54, 1.807) is 56.4 Å². The normalized spacial score (nSPS) is 24.1. The van der Waals surface area contributed by atoms with E-state index in [0.29, 0.717) is 40.6 Å². The number of aliphatic hydroxyl groups is 2. The molecule has 0 aliphatic carbocycles. The van der Waals surface area contributed by atoms with E-state index in [-0.39, 0.29) is 73.7 Å². The molecular formula is C65H91N17O15S2. The lowest BCUT2D eigenvalue weighted by molar-refractivity contribution is -0.136. The summed E-state index contributed by atoms with van der Waals surface area (Å²) in [6.07, 6.45) is 3.42. The molecule has 7 rings (SSSR count). The van der Waals surface area contributed by atoms with Crippen LogP contribution in [0.4, 0.5) is 0 Å². The second-order valence-corrected chi connectivity index (χ2v) is 27.3. The highest BCUT2D eigenvalue weighted by atomic mass is 33.1. The summed E-state index contributed by atoms with van der Waals surface area (Å²) in [6, 6.07) is 4.51. The highest BCUT2D eigenvalue weighted by Crippen LogP contribution is 2.27. The van der Waals surface area contributed by atoms with Crippen LogP contribution in [0.5, 0.6) is 11.5 Å². The van der Waals surface area contributed by atoms with Gasteiger partial charge in [0.2, 0.25) is 65.0 Å². The number of benzene rings is 3. The van der Waals surface area contributed by atoms with Crippen molar-refractivity contribution in [3.8, 4) is 11.5 Å². The second kappa shape index (κ2) is 38.2. The molecule has 3 aliphatic rings. The van der Waals surface area contributed by atoms with Gasteiger partial charge in [-0.2, -0.15) is 0 Å². The maximum absolute atomic E-state index is 15.0. The summed E-state index contributed by atoms with van der Waals surface area (Å²) in [5.41, 5.74) is 19.1. The molecule has 99 heavy (non-hydrogen) atoms. The standard InChI is InChI=1S/C65H91N17O15S2/c1-35(2)54-64(97)77-46(28-37-13-17-41(86)18-14-37)57(90)74-44(9-5-22-71-65(67)68)56(89)70-25-21-53(87)73-48(31-83)60(93)75-47(29-38-30-72-43-8-4-3-7-42(38)43)59(92)78-49(32-84)61(94)79-50(55(66)88)33-98-99-34-51(62(95)81-54)80-58(91)45(27-36-11-15-40(85)16-12-36)76-63(96)52-10-6-26-82(52)39-19-23-69-24-20-39/h3-4,7-8,11-18,30,35,39,44-52,54,69,72,83-86H,5-6,9-10,19-29,31-34H2,1-2H3,(H2,66,88)(H,70,89)(H,73,87)(H,74,90)(H,75,93)(H,76,96)(H,77,97)(H,78,92)(H,79,94)(H,80,91)(H,81,95)(H4,67,68,71)/t44-,45-,46-,47-,48-,49-,50-,51-,52-,54-/m0/s1. The van der Waals surface area contributed by atoms with Crippen molar-refractivity contribution in [1.29, 1.82) is 0 Å². The Morgan fingerprint density at radius 2 is 1.25 bits per heavy atom. The quantitative estimate of drug-likeness (QED) is 0.0186. The number of guanidine groups is 1. The number of aliphatic hydroxyl groups excluding tert-OH is 2. The topological polar surface area (TPSA) is 510 Å². The van der Waals surface area contributed by atoms with Gasteiger partial charge in [0.25, 0.3) is 0 Å². The first kappa shape index (κ1) is 77.1. The number of aromatic hydroxyl groups is 2. The van der Waals surface area contributed by atoms with Gasteiger partial charge in [0.1, 0.15) is 65.9 Å². The number of rotatable bonds is 19. The van der Waals surface area contributed by atoms with Crippen molar-refractivity contribution in [3.05, 3.63) is 95.7 Å². The zero-order valence-electron chi connectivity index (χ0n) is 55.1. The van der Waals surface area contributed by atoms with Crippen molar-refractivity contribution in [3.63, 3.8) is 0 Å². The number of aromatic amines is 1. The molecule has 0 saturated carbocycles. The van der Waals surface area contributed by atoms with Crippen LogP contribution in [0.2, 0.25) is 0 Å². The summed E-state index contributed by atoms with van der Waals surface area (Å²) in [5.74, 6) is -11.6. The van der Waals surface area contributed by atoms with Crippen molar-refractivity contribution in [2.24, 2.45) is 28.1 Å². The van der Waals surface area contributed by atoms with Crippen LogP contribution in [-0.2, 0) is 72.0 Å². The number of H-pyrrole nitrogens is 1. The van der Waals surface area contributed by atoms with Crippen molar-refractivity contribution in [2.45, 2.75) is 145 Å². The first-order valence-corrected chi connectivity index (χ1v) is 35.3. The number of carbonyl (C=O) groups excluding carboxylic acids is 11. The molecule has 1 aromatic heterocycles. The third kappa shape index (κ3) is 23.5. The van der Waals surface area contributed by atoms with Gasteiger partial charge in [-0.25, -0.2) is 0 Å². The third-order valence-electron chi connectivity index (χ3n) is 17.1. The Balaban J connectivity index is 1.22. The number of hydrogen-bond acceptors (Lipinski definition) is 20. The van der Waals surface area contributed by atoms with Crippen LogP contribution in [0.25, 0.3) is 10.9 Å². The van der Waals surface area contributed by atoms with Gasteiger partial charge in [0, 0.05) is 73.4 Å². The predicted molar refractivity (Wildman–Crippen MR) is 369 cm³/mol. The van der Waals surface area contributed by atoms with Gasteiger partial charge in [-0.1, -0.05) is 77.9 Å². The first-order chi connectivity index (χ1) is 47.4. The number of primary amides is 1. The molecule has 3 aromatic carbocycles. The smallest absolute Gasteiger partial charge is 0.245 e. The Bertz CT molecular complexity index is 3480. The number of hydrogen-bond donors (Lipinski definition) is 19. The third-order valence-corrected chi connectivity index (χ3v) is 19.5. The van der Waals surface area contributed by atoms with Crippen LogP contribution < -0.4 is 75.7 Å². The van der Waals surface area contributed by atoms with Crippen molar-refractivity contribution < 1.29 is 73.2 Å². The van der Waals surface area contributed by atoms with Crippen LogP contribution in [0, 0.1) is 5.92 Å². The zero-order valence-corrected chi connectivity index (χ0v) is 56.7. The van der Waals surface area contributed by atoms with E-state index >= 15 is 4.79 Å². The Morgan fingerprint density at radius 3 is 1.91 bits per heavy atom. The lowest BCUT2D eigenvalue weighted by Gasteiger charge is -2.35. The number of nitrogens with one attached hydrogen (secondary N) is 12. The molecule has 32 nitrogen and oxygen atoms in total. The number of phenols is 2. The van der Waals surface area contributed by atoms with Crippen molar-refractivity contribution >= 4 is 103 Å². The van der Waals surface area contributed by atoms with E-state index in [4.69, 9.17) is 17.2 Å². The number of nitrogens with zero attached hydrogens (tertiary/aromatic N) is 2. The fraction of sp³-hybridized carbons (Fsp3) is 0.508. The molecule has 0 unspecified atom stereocenters. The van der Waals surface area contributed by atoms with Crippen molar-refractivity contribution in [2.75, 3.05) is 57.4 Å². The fourth-order valence-electron chi connectivity index (χ4n) is 11.7. The highest BCUT2D eigenvalue weighted by molar-refractivity contribution is 8.76. The van der Waals surface area contributed by atoms with Gasteiger partial charge in [0.05, 0.1) is 19.3 Å². The van der Waals surface area contributed by atoms with E-state index in [1.807, 2.05) is 0 Å². The molecular weight excluding hydrogens is 1320 g/mol. The lowest BCUT2D eigenvalue weighted by atomic mass is 10.00. The van der Waals surface area contributed by atoms with Crippen molar-refractivity contribution in [1.82, 2.24) is 68.4 Å². The second-order valence-electron chi connectivity index (χ2n) is 24.8. The summed E-state index contributed by atoms with van der Waals surface area (Å²) < 4.78 is 0.